The smallest absolute Gasteiger partial charge is 0.127 e. The minimum absolute atomic E-state index is 0.314. The number of fused-ring (bicyclic) bond motifs is 1. The van der Waals surface area contributed by atoms with Gasteiger partial charge < -0.3 is 14.8 Å². The topological polar surface area (TPSA) is 30.5 Å². The van der Waals surface area contributed by atoms with E-state index in [1.54, 1.807) is 0 Å². The lowest BCUT2D eigenvalue weighted by Crippen LogP contribution is -2.21. The summed E-state index contributed by atoms with van der Waals surface area (Å²) in [6, 6.07) is 6.39. The summed E-state index contributed by atoms with van der Waals surface area (Å²) >= 11 is 0. The summed E-state index contributed by atoms with van der Waals surface area (Å²) < 4.78 is 11.3. The molecule has 0 bridgehead atoms. The molecule has 0 radical (unpaired) electrons. The first-order chi connectivity index (χ1) is 8.70. The Morgan fingerprint density at radius 2 is 2.39 bits per heavy atom. The molecule has 1 aromatic carbocycles. The van der Waals surface area contributed by atoms with Crippen molar-refractivity contribution in [3.05, 3.63) is 35.9 Å². The zero-order valence-electron chi connectivity index (χ0n) is 11.2. The van der Waals surface area contributed by atoms with Gasteiger partial charge in [0.15, 0.2) is 0 Å². The molecule has 0 saturated heterocycles. The van der Waals surface area contributed by atoms with Gasteiger partial charge in [0.05, 0.1) is 12.6 Å². The fourth-order valence-corrected chi connectivity index (χ4v) is 2.04. The molecule has 0 amide bonds. The number of nitrogens with one attached hydrogen (secondary N) is 1. The Labute approximate surface area is 109 Å². The van der Waals surface area contributed by atoms with Crippen LogP contribution in [0.5, 0.6) is 11.5 Å². The van der Waals surface area contributed by atoms with E-state index in [4.69, 9.17) is 9.47 Å². The van der Waals surface area contributed by atoms with Crippen LogP contribution < -0.4 is 14.8 Å². The molecule has 1 aromatic rings. The summed E-state index contributed by atoms with van der Waals surface area (Å²) in [6.45, 7) is 10.3. The van der Waals surface area contributed by atoms with E-state index in [2.05, 4.69) is 24.9 Å². The van der Waals surface area contributed by atoms with Gasteiger partial charge in [-0.1, -0.05) is 12.5 Å². The van der Waals surface area contributed by atoms with Gasteiger partial charge in [-0.25, -0.2) is 0 Å². The summed E-state index contributed by atoms with van der Waals surface area (Å²) in [6.07, 6.45) is 0.887. The molecule has 2 rings (SSSR count). The molecule has 1 N–H and O–H groups in total. The zero-order valence-corrected chi connectivity index (χ0v) is 11.2. The molecule has 1 aliphatic heterocycles. The van der Waals surface area contributed by atoms with E-state index in [0.29, 0.717) is 19.3 Å². The van der Waals surface area contributed by atoms with Crippen LogP contribution in [0, 0.1) is 0 Å². The van der Waals surface area contributed by atoms with E-state index in [9.17, 15) is 0 Å². The maximum atomic E-state index is 5.68. The van der Waals surface area contributed by atoms with Crippen molar-refractivity contribution in [1.29, 1.82) is 0 Å². The third-order valence-electron chi connectivity index (χ3n) is 3.01. The van der Waals surface area contributed by atoms with E-state index >= 15 is 0 Å². The van der Waals surface area contributed by atoms with Crippen molar-refractivity contribution >= 4 is 0 Å². The van der Waals surface area contributed by atoms with Gasteiger partial charge in [0.2, 0.25) is 0 Å². The fourth-order valence-electron chi connectivity index (χ4n) is 2.04. The van der Waals surface area contributed by atoms with E-state index in [-0.39, 0.29) is 0 Å². The molecular weight excluding hydrogens is 226 g/mol. The van der Waals surface area contributed by atoms with Crippen LogP contribution in [0.4, 0.5) is 0 Å². The lowest BCUT2D eigenvalue weighted by atomic mass is 10.1. The molecule has 0 saturated carbocycles. The lowest BCUT2D eigenvalue weighted by molar-refractivity contribution is 0.305. The van der Waals surface area contributed by atoms with E-state index < -0.39 is 0 Å². The molecule has 3 heteroatoms. The molecule has 0 spiro atoms. The Morgan fingerprint density at radius 1 is 1.56 bits per heavy atom. The van der Waals surface area contributed by atoms with Crippen molar-refractivity contribution in [3.63, 3.8) is 0 Å². The third-order valence-corrected chi connectivity index (χ3v) is 3.01. The van der Waals surface area contributed by atoms with Crippen LogP contribution in [-0.2, 0) is 0 Å². The first-order valence-corrected chi connectivity index (χ1v) is 6.48. The average Bonchev–Trinajstić information content (AvgIpc) is 2.72. The normalized spacial score (nSPS) is 17.1. The zero-order chi connectivity index (χ0) is 13.0. The molecule has 1 aliphatic rings. The summed E-state index contributed by atoms with van der Waals surface area (Å²) in [5.41, 5.74) is 2.36. The number of hydrogen-bond donors (Lipinski definition) is 1. The number of likely N-dealkylation sites (N-methyl/N-ethyl adjacent to an activating group) is 1. The van der Waals surface area contributed by atoms with Crippen LogP contribution in [0.25, 0.3) is 0 Å². The molecule has 1 heterocycles. The molecule has 1 unspecified atom stereocenters. The SMILES string of the molecule is C=C(C)CCOc1ccc2c(c1)OCC2NCC. The second-order valence-electron chi connectivity index (χ2n) is 4.68. The standard InChI is InChI=1S/C15H21NO2/c1-4-16-14-10-18-15-9-12(5-6-13(14)15)17-8-7-11(2)3/h5-6,9,14,16H,2,4,7-8,10H2,1,3H3. The maximum Gasteiger partial charge on any atom is 0.127 e. The summed E-state index contributed by atoms with van der Waals surface area (Å²) in [4.78, 5) is 0. The van der Waals surface area contributed by atoms with Gasteiger partial charge in [0.1, 0.15) is 18.1 Å². The van der Waals surface area contributed by atoms with Crippen LogP contribution >= 0.6 is 0 Å². The van der Waals surface area contributed by atoms with E-state index in [1.165, 1.54) is 5.56 Å². The molecular formula is C15H21NO2. The van der Waals surface area contributed by atoms with Crippen LogP contribution in [0.1, 0.15) is 31.9 Å². The van der Waals surface area contributed by atoms with Crippen LogP contribution in [-0.4, -0.2) is 19.8 Å². The Bertz CT molecular complexity index is 429. The van der Waals surface area contributed by atoms with Crippen LogP contribution in [0.3, 0.4) is 0 Å². The Hall–Kier alpha value is -1.48. The predicted octanol–water partition coefficient (Wildman–Crippen LogP) is 3.07. The largest absolute Gasteiger partial charge is 0.493 e. The maximum absolute atomic E-state index is 5.68. The van der Waals surface area contributed by atoms with Crippen molar-refractivity contribution < 1.29 is 9.47 Å². The minimum Gasteiger partial charge on any atom is -0.493 e. The van der Waals surface area contributed by atoms with Crippen molar-refractivity contribution in [2.75, 3.05) is 19.8 Å². The highest BCUT2D eigenvalue weighted by atomic mass is 16.5. The highest BCUT2D eigenvalue weighted by Crippen LogP contribution is 2.35. The molecule has 3 nitrogen and oxygen atoms in total. The van der Waals surface area contributed by atoms with E-state index in [0.717, 1.165) is 30.0 Å². The highest BCUT2D eigenvalue weighted by molar-refractivity contribution is 5.45. The monoisotopic (exact) mass is 247 g/mol. The average molecular weight is 247 g/mol. The third kappa shape index (κ3) is 3.05. The molecule has 0 fully saturated rings. The second kappa shape index (κ2) is 5.91. The van der Waals surface area contributed by atoms with E-state index in [1.807, 2.05) is 19.1 Å². The van der Waals surface area contributed by atoms with Crippen LogP contribution in [0.2, 0.25) is 0 Å². The number of hydrogen-bond acceptors (Lipinski definition) is 3. The van der Waals surface area contributed by atoms with Crippen molar-refractivity contribution in [2.24, 2.45) is 0 Å². The van der Waals surface area contributed by atoms with Gasteiger partial charge in [-0.2, -0.15) is 0 Å². The Balaban J connectivity index is 1.98. The van der Waals surface area contributed by atoms with Gasteiger partial charge in [-0.05, 0) is 25.6 Å². The fraction of sp³-hybridized carbons (Fsp3) is 0.467. The van der Waals surface area contributed by atoms with Crippen molar-refractivity contribution in [1.82, 2.24) is 5.32 Å². The number of benzene rings is 1. The predicted molar refractivity (Wildman–Crippen MR) is 73.3 cm³/mol. The summed E-state index contributed by atoms with van der Waals surface area (Å²) in [5, 5.41) is 3.40. The van der Waals surface area contributed by atoms with Gasteiger partial charge >= 0.3 is 0 Å². The molecule has 0 aliphatic carbocycles. The summed E-state index contributed by atoms with van der Waals surface area (Å²) in [7, 11) is 0. The lowest BCUT2D eigenvalue weighted by Gasteiger charge is -2.10. The molecule has 0 aromatic heterocycles. The summed E-state index contributed by atoms with van der Waals surface area (Å²) in [5.74, 6) is 1.81. The molecule has 18 heavy (non-hydrogen) atoms. The van der Waals surface area contributed by atoms with Gasteiger partial charge in [-0.15, -0.1) is 6.58 Å². The van der Waals surface area contributed by atoms with Gasteiger partial charge in [0.25, 0.3) is 0 Å². The Kier molecular flexibility index (Phi) is 4.26. The van der Waals surface area contributed by atoms with Crippen molar-refractivity contribution in [2.45, 2.75) is 26.3 Å². The molecule has 98 valence electrons. The second-order valence-corrected chi connectivity index (χ2v) is 4.68. The highest BCUT2D eigenvalue weighted by Gasteiger charge is 2.23. The first-order valence-electron chi connectivity index (χ1n) is 6.48. The van der Waals surface area contributed by atoms with Crippen molar-refractivity contribution in [3.8, 4) is 11.5 Å². The van der Waals surface area contributed by atoms with Gasteiger partial charge in [-0.3, -0.25) is 0 Å². The van der Waals surface area contributed by atoms with Crippen LogP contribution in [0.15, 0.2) is 30.4 Å². The number of rotatable bonds is 6. The minimum atomic E-state index is 0.314. The quantitative estimate of drug-likeness (QED) is 0.784. The molecule has 1 atom stereocenters. The first kappa shape index (κ1) is 13.0. The Morgan fingerprint density at radius 3 is 3.11 bits per heavy atom. The van der Waals surface area contributed by atoms with Gasteiger partial charge in [0, 0.05) is 18.1 Å². The number of ether oxygens (including phenoxy) is 2.